The molecule has 1 fully saturated rings. The molecular formula is C12H22N2O3. The number of aliphatic carboxylic acids is 1. The Morgan fingerprint density at radius 1 is 1.41 bits per heavy atom. The third-order valence-corrected chi connectivity index (χ3v) is 2.96. The number of carboxylic acids is 1. The molecule has 5 heteroatoms. The third kappa shape index (κ3) is 3.91. The number of hydrogen-bond donors (Lipinski definition) is 2. The Hall–Kier alpha value is -1.26. The van der Waals surface area contributed by atoms with Crippen molar-refractivity contribution in [3.8, 4) is 0 Å². The van der Waals surface area contributed by atoms with Crippen molar-refractivity contribution in [1.82, 2.24) is 10.2 Å². The average Bonchev–Trinajstić information content (AvgIpc) is 3.01. The van der Waals surface area contributed by atoms with Crippen LogP contribution in [0.15, 0.2) is 0 Å². The number of nitrogens with zero attached hydrogens (tertiary/aromatic N) is 1. The molecule has 1 saturated carbocycles. The summed E-state index contributed by atoms with van der Waals surface area (Å²) in [5.74, 6) is -1.02. The van der Waals surface area contributed by atoms with E-state index in [1.807, 2.05) is 0 Å². The zero-order chi connectivity index (χ0) is 13.1. The molecule has 0 atom stereocenters. The van der Waals surface area contributed by atoms with Crippen molar-refractivity contribution in [3.63, 3.8) is 0 Å². The monoisotopic (exact) mass is 242 g/mol. The molecule has 0 heterocycles. The quantitative estimate of drug-likeness (QED) is 0.746. The Balaban J connectivity index is 2.56. The summed E-state index contributed by atoms with van der Waals surface area (Å²) in [7, 11) is 0. The molecule has 1 rings (SSSR count). The van der Waals surface area contributed by atoms with Gasteiger partial charge in [0.25, 0.3) is 0 Å². The number of hydrogen-bond acceptors (Lipinski definition) is 2. The van der Waals surface area contributed by atoms with Gasteiger partial charge in [-0.2, -0.15) is 0 Å². The molecular weight excluding hydrogens is 220 g/mol. The second-order valence-electron chi connectivity index (χ2n) is 5.14. The maximum absolute atomic E-state index is 12.0. The molecule has 0 unspecified atom stereocenters. The van der Waals surface area contributed by atoms with Crippen LogP contribution in [0.25, 0.3) is 0 Å². The summed E-state index contributed by atoms with van der Waals surface area (Å²) in [4.78, 5) is 24.7. The number of carbonyl (C=O) groups is 2. The van der Waals surface area contributed by atoms with Gasteiger partial charge in [0.05, 0.1) is 0 Å². The van der Waals surface area contributed by atoms with E-state index in [1.54, 1.807) is 4.90 Å². The van der Waals surface area contributed by atoms with Gasteiger partial charge in [-0.05, 0) is 33.1 Å². The minimum atomic E-state index is -1.21. The molecule has 0 spiro atoms. The van der Waals surface area contributed by atoms with Crippen molar-refractivity contribution in [2.24, 2.45) is 0 Å². The summed E-state index contributed by atoms with van der Waals surface area (Å²) in [5, 5.41) is 11.5. The lowest BCUT2D eigenvalue weighted by molar-refractivity contribution is -0.143. The number of carboxylic acid groups (broad SMARTS) is 1. The van der Waals surface area contributed by atoms with E-state index in [1.165, 1.54) is 13.8 Å². The lowest BCUT2D eigenvalue weighted by Gasteiger charge is -2.28. The first kappa shape index (κ1) is 13.8. The van der Waals surface area contributed by atoms with Gasteiger partial charge >= 0.3 is 12.0 Å². The molecule has 2 N–H and O–H groups in total. The molecule has 0 aliphatic heterocycles. The van der Waals surface area contributed by atoms with E-state index >= 15 is 0 Å². The van der Waals surface area contributed by atoms with E-state index in [0.29, 0.717) is 12.6 Å². The Kier molecular flexibility index (Phi) is 4.37. The van der Waals surface area contributed by atoms with Crippen molar-refractivity contribution in [2.75, 3.05) is 6.54 Å². The number of unbranched alkanes of at least 4 members (excludes halogenated alkanes) is 1. The molecule has 0 radical (unpaired) electrons. The zero-order valence-electron chi connectivity index (χ0n) is 10.8. The highest BCUT2D eigenvalue weighted by atomic mass is 16.4. The van der Waals surface area contributed by atoms with Crippen LogP contribution < -0.4 is 5.32 Å². The highest BCUT2D eigenvalue weighted by Crippen LogP contribution is 2.27. The normalized spacial score (nSPS) is 15.5. The van der Waals surface area contributed by atoms with E-state index in [2.05, 4.69) is 12.2 Å². The van der Waals surface area contributed by atoms with Crippen LogP contribution in [0, 0.1) is 0 Å². The molecule has 2 amide bonds. The van der Waals surface area contributed by atoms with Crippen LogP contribution >= 0.6 is 0 Å². The molecule has 98 valence electrons. The van der Waals surface area contributed by atoms with Crippen LogP contribution in [0.4, 0.5) is 4.79 Å². The van der Waals surface area contributed by atoms with Gasteiger partial charge in [-0.1, -0.05) is 13.3 Å². The second kappa shape index (κ2) is 5.38. The summed E-state index contributed by atoms with van der Waals surface area (Å²) in [5.41, 5.74) is -1.21. The zero-order valence-corrected chi connectivity index (χ0v) is 10.8. The number of urea groups is 1. The molecule has 17 heavy (non-hydrogen) atoms. The smallest absolute Gasteiger partial charge is 0.328 e. The van der Waals surface area contributed by atoms with Crippen LogP contribution in [-0.4, -0.2) is 40.1 Å². The standard InChI is InChI=1S/C12H22N2O3/c1-4-5-8-14(9-6-7-9)11(17)13-12(2,3)10(15)16/h9H,4-8H2,1-3H3,(H,13,17)(H,15,16). The Morgan fingerprint density at radius 3 is 2.41 bits per heavy atom. The van der Waals surface area contributed by atoms with Gasteiger partial charge in [0.1, 0.15) is 5.54 Å². The first-order chi connectivity index (χ1) is 7.88. The second-order valence-corrected chi connectivity index (χ2v) is 5.14. The predicted octanol–water partition coefficient (Wildman–Crippen LogP) is 1.82. The van der Waals surface area contributed by atoms with Gasteiger partial charge in [0, 0.05) is 12.6 Å². The van der Waals surface area contributed by atoms with E-state index in [4.69, 9.17) is 5.11 Å². The lowest BCUT2D eigenvalue weighted by Crippen LogP contribution is -2.54. The maximum atomic E-state index is 12.0. The van der Waals surface area contributed by atoms with E-state index in [0.717, 1.165) is 25.7 Å². The van der Waals surface area contributed by atoms with E-state index < -0.39 is 11.5 Å². The molecule has 0 bridgehead atoms. The first-order valence-electron chi connectivity index (χ1n) is 6.20. The summed E-state index contributed by atoms with van der Waals surface area (Å²) in [6.45, 7) is 5.78. The van der Waals surface area contributed by atoms with Gasteiger partial charge in [-0.15, -0.1) is 0 Å². The van der Waals surface area contributed by atoms with Crippen LogP contribution in [0.2, 0.25) is 0 Å². The van der Waals surface area contributed by atoms with Crippen molar-refractivity contribution in [3.05, 3.63) is 0 Å². The largest absolute Gasteiger partial charge is 0.480 e. The topological polar surface area (TPSA) is 69.6 Å². The lowest BCUT2D eigenvalue weighted by atomic mass is 10.1. The van der Waals surface area contributed by atoms with Crippen molar-refractivity contribution in [2.45, 2.75) is 58.0 Å². The summed E-state index contributed by atoms with van der Waals surface area (Å²) in [6.07, 6.45) is 4.05. The highest BCUT2D eigenvalue weighted by Gasteiger charge is 2.36. The van der Waals surface area contributed by atoms with Gasteiger partial charge in [-0.3, -0.25) is 0 Å². The van der Waals surface area contributed by atoms with Crippen molar-refractivity contribution >= 4 is 12.0 Å². The number of amides is 2. The van der Waals surface area contributed by atoms with Crippen LogP contribution in [0.1, 0.15) is 46.5 Å². The summed E-state index contributed by atoms with van der Waals surface area (Å²) in [6, 6.07) is 0.0551. The van der Waals surface area contributed by atoms with Crippen LogP contribution in [-0.2, 0) is 4.79 Å². The SMILES string of the molecule is CCCCN(C(=O)NC(C)(C)C(=O)O)C1CC1. The van der Waals surface area contributed by atoms with Gasteiger partial charge < -0.3 is 15.3 Å². The third-order valence-electron chi connectivity index (χ3n) is 2.96. The van der Waals surface area contributed by atoms with Crippen molar-refractivity contribution in [1.29, 1.82) is 0 Å². The fraction of sp³-hybridized carbons (Fsp3) is 0.833. The minimum absolute atomic E-state index is 0.256. The first-order valence-corrected chi connectivity index (χ1v) is 6.20. The molecule has 0 aromatic rings. The Bertz CT molecular complexity index is 298. The summed E-state index contributed by atoms with van der Waals surface area (Å²) < 4.78 is 0. The van der Waals surface area contributed by atoms with Gasteiger partial charge in [0.15, 0.2) is 0 Å². The molecule has 0 aromatic heterocycles. The van der Waals surface area contributed by atoms with Gasteiger partial charge in [-0.25, -0.2) is 9.59 Å². The molecule has 5 nitrogen and oxygen atoms in total. The molecule has 1 aliphatic carbocycles. The Labute approximate surface area is 102 Å². The fourth-order valence-corrected chi connectivity index (χ4v) is 1.56. The van der Waals surface area contributed by atoms with E-state index in [-0.39, 0.29) is 6.03 Å². The number of rotatable bonds is 6. The average molecular weight is 242 g/mol. The van der Waals surface area contributed by atoms with Crippen LogP contribution in [0.3, 0.4) is 0 Å². The summed E-state index contributed by atoms with van der Waals surface area (Å²) >= 11 is 0. The predicted molar refractivity (Wildman–Crippen MR) is 64.9 cm³/mol. The van der Waals surface area contributed by atoms with Crippen LogP contribution in [0.5, 0.6) is 0 Å². The molecule has 1 aliphatic rings. The highest BCUT2D eigenvalue weighted by molar-refractivity contribution is 5.85. The van der Waals surface area contributed by atoms with Crippen molar-refractivity contribution < 1.29 is 14.7 Å². The molecule has 0 aromatic carbocycles. The van der Waals surface area contributed by atoms with Gasteiger partial charge in [0.2, 0.25) is 0 Å². The fourth-order valence-electron chi connectivity index (χ4n) is 1.56. The Morgan fingerprint density at radius 2 is 2.00 bits per heavy atom. The minimum Gasteiger partial charge on any atom is -0.480 e. The van der Waals surface area contributed by atoms with E-state index in [9.17, 15) is 9.59 Å². The molecule has 0 saturated heterocycles. The number of carbonyl (C=O) groups excluding carboxylic acids is 1. The number of nitrogens with one attached hydrogen (secondary N) is 1. The maximum Gasteiger partial charge on any atom is 0.328 e.